The molecular formula is C15H21N3O2. The summed E-state index contributed by atoms with van der Waals surface area (Å²) in [5.41, 5.74) is 2.27. The SMILES string of the molecule is Cc1cccc2nc(C(=O)NCCCC(C)CO)cn12. The number of carbonyl (C=O) groups is 1. The van der Waals surface area contributed by atoms with Crippen LogP contribution >= 0.6 is 0 Å². The highest BCUT2D eigenvalue weighted by Crippen LogP contribution is 2.08. The molecule has 20 heavy (non-hydrogen) atoms. The second kappa shape index (κ2) is 6.52. The number of hydrogen-bond donors (Lipinski definition) is 2. The predicted molar refractivity (Wildman–Crippen MR) is 77.7 cm³/mol. The van der Waals surface area contributed by atoms with Crippen LogP contribution in [0.3, 0.4) is 0 Å². The van der Waals surface area contributed by atoms with Crippen LogP contribution in [0.5, 0.6) is 0 Å². The van der Waals surface area contributed by atoms with E-state index in [9.17, 15) is 4.79 Å². The maximum absolute atomic E-state index is 12.0. The van der Waals surface area contributed by atoms with Gasteiger partial charge in [-0.3, -0.25) is 4.79 Å². The summed E-state index contributed by atoms with van der Waals surface area (Å²) in [5.74, 6) is 0.134. The van der Waals surface area contributed by atoms with Crippen molar-refractivity contribution in [2.75, 3.05) is 13.2 Å². The van der Waals surface area contributed by atoms with Crippen LogP contribution in [0.2, 0.25) is 0 Å². The summed E-state index contributed by atoms with van der Waals surface area (Å²) < 4.78 is 1.91. The summed E-state index contributed by atoms with van der Waals surface area (Å²) in [7, 11) is 0. The van der Waals surface area contributed by atoms with Crippen LogP contribution in [0.1, 0.15) is 35.9 Å². The molecule has 0 spiro atoms. The average Bonchev–Trinajstić information content (AvgIpc) is 2.88. The van der Waals surface area contributed by atoms with Gasteiger partial charge in [0.1, 0.15) is 11.3 Å². The number of rotatable bonds is 6. The zero-order valence-corrected chi connectivity index (χ0v) is 12.0. The van der Waals surface area contributed by atoms with Crippen LogP contribution in [-0.2, 0) is 0 Å². The van der Waals surface area contributed by atoms with E-state index >= 15 is 0 Å². The van der Waals surface area contributed by atoms with Crippen molar-refractivity contribution in [3.63, 3.8) is 0 Å². The quantitative estimate of drug-likeness (QED) is 0.790. The maximum atomic E-state index is 12.0. The highest BCUT2D eigenvalue weighted by Gasteiger charge is 2.10. The van der Waals surface area contributed by atoms with E-state index in [1.807, 2.05) is 36.4 Å². The predicted octanol–water partition coefficient (Wildman–Crippen LogP) is 1.78. The molecule has 0 bridgehead atoms. The number of aromatic nitrogens is 2. The smallest absolute Gasteiger partial charge is 0.271 e. The highest BCUT2D eigenvalue weighted by atomic mass is 16.3. The molecule has 2 heterocycles. The molecule has 0 aliphatic carbocycles. The van der Waals surface area contributed by atoms with Crippen molar-refractivity contribution in [2.45, 2.75) is 26.7 Å². The van der Waals surface area contributed by atoms with E-state index < -0.39 is 0 Å². The van der Waals surface area contributed by atoms with Gasteiger partial charge in [-0.2, -0.15) is 0 Å². The molecule has 2 aromatic heterocycles. The Bertz CT molecular complexity index is 592. The van der Waals surface area contributed by atoms with Crippen LogP contribution in [0.15, 0.2) is 24.4 Å². The second-order valence-corrected chi connectivity index (χ2v) is 5.21. The lowest BCUT2D eigenvalue weighted by atomic mass is 10.1. The molecule has 5 heteroatoms. The van der Waals surface area contributed by atoms with Crippen LogP contribution in [-0.4, -0.2) is 33.6 Å². The van der Waals surface area contributed by atoms with Gasteiger partial charge in [0.15, 0.2) is 0 Å². The number of hydrogen-bond acceptors (Lipinski definition) is 3. The highest BCUT2D eigenvalue weighted by molar-refractivity contribution is 5.92. The minimum absolute atomic E-state index is 0.148. The summed E-state index contributed by atoms with van der Waals surface area (Å²) in [5, 5.41) is 11.8. The molecule has 0 aromatic carbocycles. The number of carbonyl (C=O) groups excluding carboxylic acids is 1. The number of aryl methyl sites for hydroxylation is 1. The van der Waals surface area contributed by atoms with E-state index in [4.69, 9.17) is 5.11 Å². The molecule has 108 valence electrons. The number of fused-ring (bicyclic) bond motifs is 1. The standard InChI is InChI=1S/C15H21N3O2/c1-11(10-19)5-4-8-16-15(20)13-9-18-12(2)6-3-7-14(18)17-13/h3,6-7,9,11,19H,4-5,8,10H2,1-2H3,(H,16,20). The summed E-state index contributed by atoms with van der Waals surface area (Å²) in [6.07, 6.45) is 3.53. The first-order valence-corrected chi connectivity index (χ1v) is 6.95. The Balaban J connectivity index is 1.93. The largest absolute Gasteiger partial charge is 0.396 e. The molecule has 0 saturated heterocycles. The van der Waals surface area contributed by atoms with E-state index in [1.165, 1.54) is 0 Å². The lowest BCUT2D eigenvalue weighted by molar-refractivity contribution is 0.0947. The zero-order valence-electron chi connectivity index (χ0n) is 12.0. The van der Waals surface area contributed by atoms with Gasteiger partial charge in [0, 0.05) is 25.0 Å². The molecule has 2 aromatic rings. The Morgan fingerprint density at radius 3 is 3.00 bits per heavy atom. The van der Waals surface area contributed by atoms with E-state index in [0.717, 1.165) is 24.2 Å². The third-order valence-electron chi connectivity index (χ3n) is 3.40. The number of nitrogens with zero attached hydrogens (tertiary/aromatic N) is 2. The molecule has 0 saturated carbocycles. The topological polar surface area (TPSA) is 66.6 Å². The van der Waals surface area contributed by atoms with Gasteiger partial charge in [-0.15, -0.1) is 0 Å². The number of aliphatic hydroxyl groups excluding tert-OH is 1. The van der Waals surface area contributed by atoms with Gasteiger partial charge < -0.3 is 14.8 Å². The van der Waals surface area contributed by atoms with Crippen molar-refractivity contribution in [3.8, 4) is 0 Å². The van der Waals surface area contributed by atoms with Crippen molar-refractivity contribution < 1.29 is 9.90 Å². The fourth-order valence-electron chi connectivity index (χ4n) is 2.09. The lowest BCUT2D eigenvalue weighted by Gasteiger charge is -2.07. The molecule has 2 N–H and O–H groups in total. The number of amides is 1. The molecule has 1 amide bonds. The van der Waals surface area contributed by atoms with Crippen molar-refractivity contribution in [1.82, 2.24) is 14.7 Å². The van der Waals surface area contributed by atoms with Crippen LogP contribution < -0.4 is 5.32 Å². The summed E-state index contributed by atoms with van der Waals surface area (Å²) in [6, 6.07) is 5.79. The van der Waals surface area contributed by atoms with Crippen molar-refractivity contribution in [3.05, 3.63) is 35.8 Å². The van der Waals surface area contributed by atoms with Gasteiger partial charge in [0.05, 0.1) is 0 Å². The number of nitrogens with one attached hydrogen (secondary N) is 1. The monoisotopic (exact) mass is 275 g/mol. The number of pyridine rings is 1. The van der Waals surface area contributed by atoms with Gasteiger partial charge in [0.25, 0.3) is 5.91 Å². The fraction of sp³-hybridized carbons (Fsp3) is 0.467. The number of aliphatic hydroxyl groups is 1. The molecule has 1 atom stereocenters. The molecule has 1 unspecified atom stereocenters. The fourth-order valence-corrected chi connectivity index (χ4v) is 2.09. The molecule has 0 fully saturated rings. The zero-order chi connectivity index (χ0) is 14.5. The minimum Gasteiger partial charge on any atom is -0.396 e. The Morgan fingerprint density at radius 2 is 2.30 bits per heavy atom. The maximum Gasteiger partial charge on any atom is 0.271 e. The third kappa shape index (κ3) is 3.36. The van der Waals surface area contributed by atoms with E-state index in [0.29, 0.717) is 12.2 Å². The Labute approximate surface area is 118 Å². The van der Waals surface area contributed by atoms with E-state index in [1.54, 1.807) is 6.20 Å². The average molecular weight is 275 g/mol. The molecule has 0 aliphatic heterocycles. The van der Waals surface area contributed by atoms with Crippen LogP contribution in [0.25, 0.3) is 5.65 Å². The van der Waals surface area contributed by atoms with Crippen molar-refractivity contribution >= 4 is 11.6 Å². The van der Waals surface area contributed by atoms with Gasteiger partial charge in [0.2, 0.25) is 0 Å². The van der Waals surface area contributed by atoms with Crippen molar-refractivity contribution in [2.24, 2.45) is 5.92 Å². The molecular weight excluding hydrogens is 254 g/mol. The van der Waals surface area contributed by atoms with E-state index in [2.05, 4.69) is 10.3 Å². The normalized spacial score (nSPS) is 12.6. The van der Waals surface area contributed by atoms with Gasteiger partial charge in [-0.05, 0) is 37.8 Å². The molecule has 2 rings (SSSR count). The summed E-state index contributed by atoms with van der Waals surface area (Å²) >= 11 is 0. The third-order valence-corrected chi connectivity index (χ3v) is 3.40. The first-order chi connectivity index (χ1) is 9.61. The van der Waals surface area contributed by atoms with Gasteiger partial charge >= 0.3 is 0 Å². The van der Waals surface area contributed by atoms with Crippen molar-refractivity contribution in [1.29, 1.82) is 0 Å². The first-order valence-electron chi connectivity index (χ1n) is 6.95. The van der Waals surface area contributed by atoms with Gasteiger partial charge in [-0.1, -0.05) is 13.0 Å². The second-order valence-electron chi connectivity index (χ2n) is 5.21. The lowest BCUT2D eigenvalue weighted by Crippen LogP contribution is -2.25. The van der Waals surface area contributed by atoms with Crippen LogP contribution in [0.4, 0.5) is 0 Å². The molecule has 5 nitrogen and oxygen atoms in total. The van der Waals surface area contributed by atoms with E-state index in [-0.39, 0.29) is 18.4 Å². The summed E-state index contributed by atoms with van der Waals surface area (Å²) in [6.45, 7) is 4.77. The summed E-state index contributed by atoms with van der Waals surface area (Å²) in [4.78, 5) is 16.3. The Hall–Kier alpha value is -1.88. The first kappa shape index (κ1) is 14.5. The number of imidazole rings is 1. The molecule has 0 radical (unpaired) electrons. The minimum atomic E-state index is -0.148. The van der Waals surface area contributed by atoms with Gasteiger partial charge in [-0.25, -0.2) is 4.98 Å². The Kier molecular flexibility index (Phi) is 4.74. The Morgan fingerprint density at radius 1 is 1.50 bits per heavy atom. The van der Waals surface area contributed by atoms with Crippen LogP contribution in [0, 0.1) is 12.8 Å². The molecule has 0 aliphatic rings.